The number of amides is 2. The molecule has 3 rings (SSSR count). The van der Waals surface area contributed by atoms with Crippen molar-refractivity contribution in [2.45, 2.75) is 32.6 Å². The van der Waals surface area contributed by atoms with Crippen LogP contribution < -0.4 is 10.6 Å². The van der Waals surface area contributed by atoms with Gasteiger partial charge in [0.1, 0.15) is 0 Å². The molecule has 0 aliphatic carbocycles. The standard InChI is InChI=1S/C19H20N2O2/c1-2-13-6-3-4-8-16(13)21-19(23)15-10-11-17-14(12-15)7-5-9-18(22)20-17/h3-4,6,8,10-12H,2,5,7,9H2,1H3,(H,20,22)(H,21,23). The number of nitrogens with one attached hydrogen (secondary N) is 2. The summed E-state index contributed by atoms with van der Waals surface area (Å²) in [6.45, 7) is 2.07. The third-order valence-corrected chi connectivity index (χ3v) is 4.14. The fourth-order valence-electron chi connectivity index (χ4n) is 2.86. The molecule has 118 valence electrons. The topological polar surface area (TPSA) is 58.2 Å². The van der Waals surface area contributed by atoms with Crippen LogP contribution in [0.15, 0.2) is 42.5 Å². The number of carbonyl (C=O) groups is 2. The summed E-state index contributed by atoms with van der Waals surface area (Å²) in [5.74, 6) is -0.0814. The van der Waals surface area contributed by atoms with E-state index >= 15 is 0 Å². The number of rotatable bonds is 3. The van der Waals surface area contributed by atoms with E-state index in [1.54, 1.807) is 6.07 Å². The molecule has 2 aromatic carbocycles. The first-order valence-corrected chi connectivity index (χ1v) is 7.99. The Morgan fingerprint density at radius 3 is 2.83 bits per heavy atom. The molecule has 0 saturated carbocycles. The Kier molecular flexibility index (Phi) is 4.42. The van der Waals surface area contributed by atoms with E-state index in [1.807, 2.05) is 36.4 Å². The van der Waals surface area contributed by atoms with Crippen molar-refractivity contribution in [3.63, 3.8) is 0 Å². The zero-order chi connectivity index (χ0) is 16.2. The highest BCUT2D eigenvalue weighted by molar-refractivity contribution is 6.05. The van der Waals surface area contributed by atoms with Gasteiger partial charge in [0, 0.05) is 23.4 Å². The minimum Gasteiger partial charge on any atom is -0.326 e. The molecule has 0 aromatic heterocycles. The SMILES string of the molecule is CCc1ccccc1NC(=O)c1ccc2c(c1)CCCC(=O)N2. The second-order valence-corrected chi connectivity index (χ2v) is 5.74. The predicted molar refractivity (Wildman–Crippen MR) is 91.8 cm³/mol. The van der Waals surface area contributed by atoms with E-state index < -0.39 is 0 Å². The van der Waals surface area contributed by atoms with Crippen molar-refractivity contribution in [2.75, 3.05) is 10.6 Å². The lowest BCUT2D eigenvalue weighted by atomic mass is 10.0. The van der Waals surface area contributed by atoms with Crippen LogP contribution in [-0.2, 0) is 17.6 Å². The van der Waals surface area contributed by atoms with Gasteiger partial charge in [-0.25, -0.2) is 0 Å². The molecule has 0 spiro atoms. The van der Waals surface area contributed by atoms with Gasteiger partial charge in [-0.15, -0.1) is 0 Å². The number of para-hydroxylation sites is 1. The molecule has 4 nitrogen and oxygen atoms in total. The molecule has 4 heteroatoms. The van der Waals surface area contributed by atoms with E-state index in [0.717, 1.165) is 41.8 Å². The summed E-state index contributed by atoms with van der Waals surface area (Å²) >= 11 is 0. The van der Waals surface area contributed by atoms with E-state index in [4.69, 9.17) is 0 Å². The molecule has 0 atom stereocenters. The van der Waals surface area contributed by atoms with Gasteiger partial charge >= 0.3 is 0 Å². The molecule has 2 aromatic rings. The molecule has 0 bridgehead atoms. The number of anilines is 2. The van der Waals surface area contributed by atoms with Crippen molar-refractivity contribution in [1.82, 2.24) is 0 Å². The molecule has 0 unspecified atom stereocenters. The van der Waals surface area contributed by atoms with Gasteiger partial charge in [0.25, 0.3) is 5.91 Å². The van der Waals surface area contributed by atoms with E-state index in [0.29, 0.717) is 12.0 Å². The predicted octanol–water partition coefficient (Wildman–Crippen LogP) is 3.78. The second kappa shape index (κ2) is 6.65. The Bertz CT molecular complexity index is 753. The monoisotopic (exact) mass is 308 g/mol. The van der Waals surface area contributed by atoms with Crippen LogP contribution in [0.25, 0.3) is 0 Å². The minimum absolute atomic E-state index is 0.0397. The number of aryl methyl sites for hydroxylation is 2. The Labute approximate surface area is 135 Å². The van der Waals surface area contributed by atoms with E-state index in [-0.39, 0.29) is 11.8 Å². The third kappa shape index (κ3) is 3.42. The van der Waals surface area contributed by atoms with Gasteiger partial charge in [-0.05, 0) is 54.7 Å². The van der Waals surface area contributed by atoms with Gasteiger partial charge in [-0.1, -0.05) is 25.1 Å². The Balaban J connectivity index is 1.83. The summed E-state index contributed by atoms with van der Waals surface area (Å²) in [4.78, 5) is 24.1. The average molecular weight is 308 g/mol. The van der Waals surface area contributed by atoms with E-state index in [2.05, 4.69) is 17.6 Å². The van der Waals surface area contributed by atoms with E-state index in [9.17, 15) is 9.59 Å². The van der Waals surface area contributed by atoms with Crippen LogP contribution in [0.5, 0.6) is 0 Å². The van der Waals surface area contributed by atoms with Crippen molar-refractivity contribution in [1.29, 1.82) is 0 Å². The number of benzene rings is 2. The molecular weight excluding hydrogens is 288 g/mol. The molecule has 2 N–H and O–H groups in total. The van der Waals surface area contributed by atoms with Gasteiger partial charge in [-0.2, -0.15) is 0 Å². The summed E-state index contributed by atoms with van der Waals surface area (Å²) in [6, 6.07) is 13.3. The first kappa shape index (κ1) is 15.3. The third-order valence-electron chi connectivity index (χ3n) is 4.14. The Morgan fingerprint density at radius 1 is 1.17 bits per heavy atom. The smallest absolute Gasteiger partial charge is 0.255 e. The Hall–Kier alpha value is -2.62. The molecule has 23 heavy (non-hydrogen) atoms. The van der Waals surface area contributed by atoms with Crippen LogP contribution in [0.2, 0.25) is 0 Å². The average Bonchev–Trinajstić information content (AvgIpc) is 2.75. The molecule has 1 aliphatic rings. The van der Waals surface area contributed by atoms with Gasteiger partial charge in [0.15, 0.2) is 0 Å². The first-order chi connectivity index (χ1) is 11.2. The summed E-state index contributed by atoms with van der Waals surface area (Å²) in [5.41, 5.74) is 4.42. The van der Waals surface area contributed by atoms with Crippen LogP contribution in [-0.4, -0.2) is 11.8 Å². The van der Waals surface area contributed by atoms with Crippen molar-refractivity contribution >= 4 is 23.2 Å². The summed E-state index contributed by atoms with van der Waals surface area (Å²) in [6.07, 6.45) is 3.01. The number of carbonyl (C=O) groups excluding carboxylic acids is 2. The molecule has 1 heterocycles. The van der Waals surface area contributed by atoms with Crippen LogP contribution in [0.4, 0.5) is 11.4 Å². The maximum absolute atomic E-state index is 12.5. The van der Waals surface area contributed by atoms with E-state index in [1.165, 1.54) is 0 Å². The second-order valence-electron chi connectivity index (χ2n) is 5.74. The lowest BCUT2D eigenvalue weighted by Gasteiger charge is -2.12. The summed E-state index contributed by atoms with van der Waals surface area (Å²) < 4.78 is 0. The first-order valence-electron chi connectivity index (χ1n) is 7.99. The number of hydrogen-bond donors (Lipinski definition) is 2. The zero-order valence-corrected chi connectivity index (χ0v) is 13.2. The minimum atomic E-state index is -0.121. The van der Waals surface area contributed by atoms with Crippen LogP contribution in [0.1, 0.15) is 41.3 Å². The van der Waals surface area contributed by atoms with Crippen LogP contribution in [0.3, 0.4) is 0 Å². The lowest BCUT2D eigenvalue weighted by Crippen LogP contribution is -2.14. The van der Waals surface area contributed by atoms with Gasteiger partial charge in [0.2, 0.25) is 5.91 Å². The number of hydrogen-bond acceptors (Lipinski definition) is 2. The fourth-order valence-corrected chi connectivity index (χ4v) is 2.86. The summed E-state index contributed by atoms with van der Waals surface area (Å²) in [7, 11) is 0. The molecule has 0 fully saturated rings. The van der Waals surface area contributed by atoms with Crippen molar-refractivity contribution in [2.24, 2.45) is 0 Å². The molecule has 0 radical (unpaired) electrons. The highest BCUT2D eigenvalue weighted by Crippen LogP contribution is 2.24. The maximum atomic E-state index is 12.5. The highest BCUT2D eigenvalue weighted by Gasteiger charge is 2.15. The summed E-state index contributed by atoms with van der Waals surface area (Å²) in [5, 5.41) is 5.87. The lowest BCUT2D eigenvalue weighted by molar-refractivity contribution is -0.116. The molecule has 2 amide bonds. The van der Waals surface area contributed by atoms with Gasteiger partial charge < -0.3 is 10.6 Å². The molecule has 0 saturated heterocycles. The van der Waals surface area contributed by atoms with Crippen molar-refractivity contribution in [3.05, 3.63) is 59.2 Å². The Morgan fingerprint density at radius 2 is 2.00 bits per heavy atom. The highest BCUT2D eigenvalue weighted by atomic mass is 16.2. The number of fused-ring (bicyclic) bond motifs is 1. The van der Waals surface area contributed by atoms with Crippen LogP contribution in [0, 0.1) is 0 Å². The fraction of sp³-hybridized carbons (Fsp3) is 0.263. The van der Waals surface area contributed by atoms with Crippen LogP contribution >= 0.6 is 0 Å². The molecular formula is C19H20N2O2. The van der Waals surface area contributed by atoms with Crippen molar-refractivity contribution in [3.8, 4) is 0 Å². The van der Waals surface area contributed by atoms with Crippen molar-refractivity contribution < 1.29 is 9.59 Å². The normalized spacial score (nSPS) is 13.7. The van der Waals surface area contributed by atoms with Gasteiger partial charge in [-0.3, -0.25) is 9.59 Å². The zero-order valence-electron chi connectivity index (χ0n) is 13.2. The maximum Gasteiger partial charge on any atom is 0.255 e. The van der Waals surface area contributed by atoms with Gasteiger partial charge in [0.05, 0.1) is 0 Å². The molecule has 1 aliphatic heterocycles. The quantitative estimate of drug-likeness (QED) is 0.906. The largest absolute Gasteiger partial charge is 0.326 e.